The Labute approximate surface area is 176 Å². The highest BCUT2D eigenvalue weighted by Crippen LogP contribution is 2.50. The number of fused-ring (bicyclic) bond motifs is 3. The standard InChI is InChI=1S/C24H25N5O/c25-13-28-18-4-6-21(28)19(12-18)22-10-17-9-16(24(26)30)3-5-20(17)29(22)23-11-15(7-8-27-23)14-1-2-14/h3,5,7-9,11,14,18-19,21-22H,1-2,4,6,10,12H2,(H2,26,30). The third kappa shape index (κ3) is 2.61. The largest absolute Gasteiger partial charge is 0.366 e. The van der Waals surface area contributed by atoms with Crippen molar-refractivity contribution in [2.24, 2.45) is 11.7 Å². The number of nitrogens with zero attached hydrogens (tertiary/aromatic N) is 4. The average molecular weight is 399 g/mol. The molecule has 1 aromatic heterocycles. The molecule has 1 aromatic carbocycles. The van der Waals surface area contributed by atoms with Gasteiger partial charge in [-0.05, 0) is 85.9 Å². The first-order valence-electron chi connectivity index (χ1n) is 11.0. The number of nitrogens with two attached hydrogens (primary N) is 1. The predicted molar refractivity (Wildman–Crippen MR) is 113 cm³/mol. The summed E-state index contributed by atoms with van der Waals surface area (Å²) in [6.45, 7) is 0. The lowest BCUT2D eigenvalue weighted by atomic mass is 9.82. The molecular formula is C24H25N5O. The number of nitriles is 1. The van der Waals surface area contributed by atoms with Gasteiger partial charge >= 0.3 is 0 Å². The maximum Gasteiger partial charge on any atom is 0.248 e. The van der Waals surface area contributed by atoms with Gasteiger partial charge in [0.25, 0.3) is 0 Å². The Kier molecular flexibility index (Phi) is 3.83. The third-order valence-electron chi connectivity index (χ3n) is 7.64. The van der Waals surface area contributed by atoms with Crippen molar-refractivity contribution in [3.05, 3.63) is 53.2 Å². The molecular weight excluding hydrogens is 374 g/mol. The minimum atomic E-state index is -0.391. The Morgan fingerprint density at radius 3 is 2.73 bits per heavy atom. The van der Waals surface area contributed by atoms with Gasteiger partial charge in [0, 0.05) is 41.5 Å². The summed E-state index contributed by atoms with van der Waals surface area (Å²) in [7, 11) is 0. The molecule has 4 unspecified atom stereocenters. The first kappa shape index (κ1) is 17.8. The van der Waals surface area contributed by atoms with E-state index in [0.717, 1.165) is 42.8 Å². The van der Waals surface area contributed by atoms with Gasteiger partial charge in [-0.1, -0.05) is 0 Å². The lowest BCUT2D eigenvalue weighted by molar-refractivity contribution is 0.1000. The van der Waals surface area contributed by atoms with Crippen LogP contribution in [0.15, 0.2) is 36.5 Å². The van der Waals surface area contributed by atoms with Crippen LogP contribution in [0.25, 0.3) is 0 Å². The van der Waals surface area contributed by atoms with Crippen LogP contribution in [0.2, 0.25) is 0 Å². The number of carbonyl (C=O) groups excluding carboxylic acids is 1. The van der Waals surface area contributed by atoms with Crippen molar-refractivity contribution >= 4 is 17.4 Å². The molecule has 6 nitrogen and oxygen atoms in total. The van der Waals surface area contributed by atoms with Crippen LogP contribution >= 0.6 is 0 Å². The number of benzene rings is 1. The number of aromatic nitrogens is 1. The molecule has 0 radical (unpaired) electrons. The maximum atomic E-state index is 11.8. The van der Waals surface area contributed by atoms with Crippen molar-refractivity contribution in [3.8, 4) is 6.19 Å². The molecule has 3 aliphatic heterocycles. The summed E-state index contributed by atoms with van der Waals surface area (Å²) in [4.78, 5) is 20.9. The lowest BCUT2D eigenvalue weighted by Crippen LogP contribution is -2.41. The highest BCUT2D eigenvalue weighted by Gasteiger charge is 2.52. The second-order valence-corrected chi connectivity index (χ2v) is 9.28. The van der Waals surface area contributed by atoms with Gasteiger partial charge in [0.1, 0.15) is 5.82 Å². The molecule has 2 saturated heterocycles. The minimum absolute atomic E-state index is 0.247. The molecule has 3 fully saturated rings. The van der Waals surface area contributed by atoms with Gasteiger partial charge in [0.15, 0.2) is 6.19 Å². The Bertz CT molecular complexity index is 1070. The predicted octanol–water partition coefficient (Wildman–Crippen LogP) is 3.45. The lowest BCUT2D eigenvalue weighted by Gasteiger charge is -2.34. The molecule has 4 heterocycles. The fourth-order valence-corrected chi connectivity index (χ4v) is 6.11. The van der Waals surface area contributed by atoms with Crippen LogP contribution in [0, 0.1) is 17.4 Å². The molecule has 2 aromatic rings. The van der Waals surface area contributed by atoms with Crippen molar-refractivity contribution in [2.75, 3.05) is 4.90 Å². The normalized spacial score (nSPS) is 29.2. The molecule has 6 heteroatoms. The highest BCUT2D eigenvalue weighted by atomic mass is 16.1. The molecule has 30 heavy (non-hydrogen) atoms. The Hall–Kier alpha value is -3.07. The van der Waals surface area contributed by atoms with Gasteiger partial charge in [0.2, 0.25) is 5.91 Å². The minimum Gasteiger partial charge on any atom is -0.366 e. The molecule has 2 bridgehead atoms. The quantitative estimate of drug-likeness (QED) is 0.796. The fourth-order valence-electron chi connectivity index (χ4n) is 6.11. The van der Waals surface area contributed by atoms with Crippen LogP contribution in [-0.2, 0) is 6.42 Å². The van der Waals surface area contributed by atoms with E-state index in [-0.39, 0.29) is 6.04 Å². The molecule has 1 aliphatic carbocycles. The zero-order valence-corrected chi connectivity index (χ0v) is 16.9. The van der Waals surface area contributed by atoms with E-state index in [2.05, 4.69) is 23.2 Å². The van der Waals surface area contributed by atoms with E-state index in [4.69, 9.17) is 10.7 Å². The van der Waals surface area contributed by atoms with Crippen molar-refractivity contribution < 1.29 is 4.79 Å². The van der Waals surface area contributed by atoms with Gasteiger partial charge in [-0.25, -0.2) is 4.98 Å². The molecule has 4 aliphatic rings. The number of hydrogen-bond acceptors (Lipinski definition) is 5. The van der Waals surface area contributed by atoms with Crippen molar-refractivity contribution in [2.45, 2.75) is 62.6 Å². The first-order chi connectivity index (χ1) is 14.6. The molecule has 1 amide bonds. The van der Waals surface area contributed by atoms with Crippen molar-refractivity contribution in [1.29, 1.82) is 5.26 Å². The van der Waals surface area contributed by atoms with E-state index in [1.54, 1.807) is 0 Å². The molecule has 4 atom stereocenters. The maximum absolute atomic E-state index is 11.8. The summed E-state index contributed by atoms with van der Waals surface area (Å²) in [5, 5.41) is 9.66. The van der Waals surface area contributed by atoms with Gasteiger partial charge in [-0.2, -0.15) is 5.26 Å². The summed E-state index contributed by atoms with van der Waals surface area (Å²) in [6, 6.07) is 11.1. The second kappa shape index (κ2) is 6.46. The number of carbonyl (C=O) groups is 1. The first-order valence-corrected chi connectivity index (χ1v) is 11.0. The monoisotopic (exact) mass is 399 g/mol. The van der Waals surface area contributed by atoms with E-state index < -0.39 is 5.91 Å². The average Bonchev–Trinajstić information content (AvgIpc) is 3.32. The zero-order chi connectivity index (χ0) is 20.4. The van der Waals surface area contributed by atoms with Crippen LogP contribution in [0.3, 0.4) is 0 Å². The summed E-state index contributed by atoms with van der Waals surface area (Å²) < 4.78 is 0. The van der Waals surface area contributed by atoms with E-state index >= 15 is 0 Å². The molecule has 2 N–H and O–H groups in total. The van der Waals surface area contributed by atoms with Crippen LogP contribution < -0.4 is 10.6 Å². The van der Waals surface area contributed by atoms with Crippen molar-refractivity contribution in [3.63, 3.8) is 0 Å². The van der Waals surface area contributed by atoms with Crippen LogP contribution in [0.5, 0.6) is 0 Å². The van der Waals surface area contributed by atoms with E-state index in [1.165, 1.54) is 18.4 Å². The van der Waals surface area contributed by atoms with E-state index in [9.17, 15) is 10.1 Å². The Morgan fingerprint density at radius 1 is 1.13 bits per heavy atom. The Balaban J connectivity index is 1.43. The molecule has 6 rings (SSSR count). The zero-order valence-electron chi connectivity index (χ0n) is 16.9. The highest BCUT2D eigenvalue weighted by molar-refractivity contribution is 5.94. The number of pyridine rings is 1. The summed E-state index contributed by atoms with van der Waals surface area (Å²) in [5.41, 5.74) is 9.75. The molecule has 152 valence electrons. The number of rotatable bonds is 4. The summed E-state index contributed by atoms with van der Waals surface area (Å²) >= 11 is 0. The van der Waals surface area contributed by atoms with E-state index in [0.29, 0.717) is 29.5 Å². The molecule has 0 spiro atoms. The summed E-state index contributed by atoms with van der Waals surface area (Å²) in [5.74, 6) is 1.68. The number of anilines is 2. The summed E-state index contributed by atoms with van der Waals surface area (Å²) in [6.07, 6.45) is 11.0. The van der Waals surface area contributed by atoms with Gasteiger partial charge in [0.05, 0.1) is 0 Å². The van der Waals surface area contributed by atoms with Crippen LogP contribution in [-0.4, -0.2) is 33.9 Å². The third-order valence-corrected chi connectivity index (χ3v) is 7.64. The Morgan fingerprint density at radius 2 is 2.00 bits per heavy atom. The number of primary amides is 1. The number of amides is 1. The molecule has 1 saturated carbocycles. The number of hydrogen-bond donors (Lipinski definition) is 1. The van der Waals surface area contributed by atoms with Gasteiger partial charge < -0.3 is 15.5 Å². The second-order valence-electron chi connectivity index (χ2n) is 9.28. The van der Waals surface area contributed by atoms with E-state index in [1.807, 2.05) is 29.3 Å². The van der Waals surface area contributed by atoms with Gasteiger partial charge in [-0.3, -0.25) is 4.79 Å². The topological polar surface area (TPSA) is 86.2 Å². The fraction of sp³-hybridized carbons (Fsp3) is 0.458. The van der Waals surface area contributed by atoms with Crippen LogP contribution in [0.1, 0.15) is 59.5 Å². The smallest absolute Gasteiger partial charge is 0.248 e. The van der Waals surface area contributed by atoms with Crippen LogP contribution in [0.4, 0.5) is 11.5 Å². The van der Waals surface area contributed by atoms with Gasteiger partial charge in [-0.15, -0.1) is 0 Å². The SMILES string of the molecule is N#CN1C2CCC1C(C1Cc3cc(C(N)=O)ccc3N1c1cc(C3CC3)ccn1)C2. The van der Waals surface area contributed by atoms with Crippen molar-refractivity contribution in [1.82, 2.24) is 9.88 Å².